The number of carbonyl (C=O) groups is 1. The molecule has 6 rings (SSSR count). The van der Waals surface area contributed by atoms with Crippen molar-refractivity contribution in [2.75, 3.05) is 25.5 Å². The van der Waals surface area contributed by atoms with Crippen molar-refractivity contribution in [1.29, 1.82) is 0 Å². The minimum Gasteiger partial charge on any atom is -0.466 e. The van der Waals surface area contributed by atoms with Crippen molar-refractivity contribution in [3.05, 3.63) is 77.0 Å². The van der Waals surface area contributed by atoms with Crippen LogP contribution in [0.15, 0.2) is 71.5 Å². The summed E-state index contributed by atoms with van der Waals surface area (Å²) in [4.78, 5) is 15.7. The van der Waals surface area contributed by atoms with Crippen LogP contribution < -0.4 is 5.32 Å². The third-order valence-electron chi connectivity index (χ3n) is 7.80. The number of esters is 1. The van der Waals surface area contributed by atoms with Crippen LogP contribution in [0.2, 0.25) is 0 Å². The van der Waals surface area contributed by atoms with Crippen LogP contribution in [0.1, 0.15) is 25.3 Å². The number of hydrogen-bond acceptors (Lipinski definition) is 4. The van der Waals surface area contributed by atoms with E-state index < -0.39 is 0 Å². The minimum atomic E-state index is -0.184. The fourth-order valence-electron chi connectivity index (χ4n) is 6.46. The molecule has 2 bridgehead atoms. The predicted octanol–water partition coefficient (Wildman–Crippen LogP) is 4.50. The number of hydrogen-bond donors (Lipinski definition) is 1. The van der Waals surface area contributed by atoms with Gasteiger partial charge < -0.3 is 10.1 Å². The Kier molecular flexibility index (Phi) is 3.79. The van der Waals surface area contributed by atoms with Crippen molar-refractivity contribution in [3.8, 4) is 11.1 Å². The first-order valence-corrected chi connectivity index (χ1v) is 10.9. The summed E-state index contributed by atoms with van der Waals surface area (Å²) in [6.45, 7) is 4.11. The molecule has 30 heavy (non-hydrogen) atoms. The number of benzene rings is 2. The number of piperidine rings is 1. The first-order chi connectivity index (χ1) is 14.7. The number of ether oxygens (including phenoxy) is 1. The quantitative estimate of drug-likeness (QED) is 0.598. The zero-order valence-corrected chi connectivity index (χ0v) is 17.4. The van der Waals surface area contributed by atoms with Crippen LogP contribution in [-0.2, 0) is 14.9 Å². The normalized spacial score (nSPS) is 30.1. The van der Waals surface area contributed by atoms with Gasteiger partial charge in [0.25, 0.3) is 0 Å². The number of fused-ring (bicyclic) bond motifs is 2. The maximum atomic E-state index is 13.0. The molecule has 1 aliphatic carbocycles. The number of methoxy groups -OCH3 is 1. The number of anilines is 1. The molecule has 0 saturated carbocycles. The van der Waals surface area contributed by atoms with Gasteiger partial charge in [-0.1, -0.05) is 48.0 Å². The molecule has 4 heteroatoms. The first-order valence-electron chi connectivity index (χ1n) is 10.9. The largest absolute Gasteiger partial charge is 0.466 e. The zero-order valence-electron chi connectivity index (χ0n) is 17.4. The Morgan fingerprint density at radius 1 is 1.20 bits per heavy atom. The summed E-state index contributed by atoms with van der Waals surface area (Å²) in [5.41, 5.74) is 8.09. The summed E-state index contributed by atoms with van der Waals surface area (Å²) in [6.07, 6.45) is 4.23. The Morgan fingerprint density at radius 2 is 2.03 bits per heavy atom. The van der Waals surface area contributed by atoms with Gasteiger partial charge in [-0.25, -0.2) is 4.79 Å². The highest BCUT2D eigenvalue weighted by Gasteiger charge is 2.62. The van der Waals surface area contributed by atoms with E-state index in [4.69, 9.17) is 4.74 Å². The van der Waals surface area contributed by atoms with E-state index >= 15 is 0 Å². The van der Waals surface area contributed by atoms with Gasteiger partial charge in [-0.3, -0.25) is 4.90 Å². The van der Waals surface area contributed by atoms with Crippen molar-refractivity contribution in [2.24, 2.45) is 5.92 Å². The second-order valence-electron chi connectivity index (χ2n) is 8.89. The van der Waals surface area contributed by atoms with Crippen LogP contribution in [0.25, 0.3) is 11.1 Å². The molecule has 4 nitrogen and oxygen atoms in total. The molecule has 3 heterocycles. The molecule has 1 unspecified atom stereocenters. The molecule has 3 atom stereocenters. The fraction of sp³-hybridized carbons (Fsp3) is 0.346. The smallest absolute Gasteiger partial charge is 0.336 e. The molecule has 4 aliphatic rings. The van der Waals surface area contributed by atoms with Crippen LogP contribution in [0, 0.1) is 5.92 Å². The van der Waals surface area contributed by atoms with E-state index in [1.165, 1.54) is 29.4 Å². The van der Waals surface area contributed by atoms with E-state index in [1.807, 2.05) is 0 Å². The van der Waals surface area contributed by atoms with E-state index in [9.17, 15) is 4.79 Å². The molecular formula is C26H26N2O2. The van der Waals surface area contributed by atoms with Crippen molar-refractivity contribution in [1.82, 2.24) is 4.90 Å². The lowest BCUT2D eigenvalue weighted by Crippen LogP contribution is -2.53. The number of rotatable bonds is 2. The van der Waals surface area contributed by atoms with Crippen LogP contribution >= 0.6 is 0 Å². The Labute approximate surface area is 177 Å². The third kappa shape index (κ3) is 2.17. The summed E-state index contributed by atoms with van der Waals surface area (Å²) >= 11 is 0. The van der Waals surface area contributed by atoms with Gasteiger partial charge in [0.05, 0.1) is 18.1 Å². The second kappa shape index (κ2) is 6.32. The summed E-state index contributed by atoms with van der Waals surface area (Å²) in [6, 6.07) is 17.7. The number of carbonyl (C=O) groups excluding carboxylic acids is 1. The molecule has 0 radical (unpaired) electrons. The molecule has 1 N–H and O–H groups in total. The van der Waals surface area contributed by atoms with E-state index in [0.29, 0.717) is 6.04 Å². The summed E-state index contributed by atoms with van der Waals surface area (Å²) in [5.74, 6) is -0.0311. The molecule has 3 aliphatic heterocycles. The highest BCUT2D eigenvalue weighted by Crippen LogP contribution is 2.61. The summed E-state index contributed by atoms with van der Waals surface area (Å²) in [7, 11) is 1.50. The highest BCUT2D eigenvalue weighted by atomic mass is 16.5. The van der Waals surface area contributed by atoms with Crippen LogP contribution in [-0.4, -0.2) is 37.1 Å². The van der Waals surface area contributed by atoms with Crippen molar-refractivity contribution >= 4 is 11.7 Å². The van der Waals surface area contributed by atoms with Crippen molar-refractivity contribution in [3.63, 3.8) is 0 Å². The first kappa shape index (κ1) is 18.0. The molecule has 2 saturated heterocycles. The molecule has 1 spiro atoms. The van der Waals surface area contributed by atoms with E-state index in [-0.39, 0.29) is 17.3 Å². The third-order valence-corrected chi connectivity index (χ3v) is 7.80. The van der Waals surface area contributed by atoms with Crippen LogP contribution in [0.5, 0.6) is 0 Å². The van der Waals surface area contributed by atoms with Crippen molar-refractivity contribution < 1.29 is 9.53 Å². The molecule has 0 aromatic heterocycles. The van der Waals surface area contributed by atoms with Gasteiger partial charge in [0, 0.05) is 36.4 Å². The monoisotopic (exact) mass is 398 g/mol. The standard InChI is InChI=1S/C26H26N2O2/c1-3-16-15-28-12-11-26-20-13-18(17-7-5-4-6-8-17)9-10-21(20)27-24(26)23(25(29)30-2)19(16)14-22(26)28/h3-10,13,19,22,27H,11-12,14-15H2,1-2H3/b16-3-/t19?,22-,26+/m0/s1. The molecule has 152 valence electrons. The van der Waals surface area contributed by atoms with Gasteiger partial charge in [-0.05, 0) is 48.6 Å². The Bertz CT molecular complexity index is 1120. The zero-order chi connectivity index (χ0) is 20.5. The van der Waals surface area contributed by atoms with Crippen LogP contribution in [0.3, 0.4) is 0 Å². The number of nitrogens with zero attached hydrogens (tertiary/aromatic N) is 1. The Hall–Kier alpha value is -2.85. The Morgan fingerprint density at radius 3 is 2.80 bits per heavy atom. The van der Waals surface area contributed by atoms with Gasteiger partial charge in [0.2, 0.25) is 0 Å². The van der Waals surface area contributed by atoms with Gasteiger partial charge in [0.15, 0.2) is 0 Å². The van der Waals surface area contributed by atoms with E-state index in [0.717, 1.165) is 42.9 Å². The lowest BCUT2D eigenvalue weighted by molar-refractivity contribution is -0.137. The lowest BCUT2D eigenvalue weighted by Gasteiger charge is -2.48. The number of allylic oxidation sites excluding steroid dienone is 1. The molecule has 2 fully saturated rings. The predicted molar refractivity (Wildman–Crippen MR) is 118 cm³/mol. The topological polar surface area (TPSA) is 41.6 Å². The Balaban J connectivity index is 1.59. The van der Waals surface area contributed by atoms with Gasteiger partial charge in [-0.2, -0.15) is 0 Å². The molecule has 0 amide bonds. The summed E-state index contributed by atoms with van der Waals surface area (Å²) in [5, 5.41) is 3.70. The summed E-state index contributed by atoms with van der Waals surface area (Å²) < 4.78 is 5.30. The average molecular weight is 399 g/mol. The molecular weight excluding hydrogens is 372 g/mol. The van der Waals surface area contributed by atoms with Gasteiger partial charge in [0.1, 0.15) is 0 Å². The fourth-order valence-corrected chi connectivity index (χ4v) is 6.46. The van der Waals surface area contributed by atoms with Crippen molar-refractivity contribution in [2.45, 2.75) is 31.2 Å². The SMILES string of the molecule is C/C=C1/CN2CC[C@]34C(=C(C(=O)OC)C1C[C@H]23)Nc1ccc(-c2ccccc2)cc14. The average Bonchev–Trinajstić information content (AvgIpc) is 3.35. The van der Waals surface area contributed by atoms with Gasteiger partial charge >= 0.3 is 5.97 Å². The maximum Gasteiger partial charge on any atom is 0.336 e. The highest BCUT2D eigenvalue weighted by molar-refractivity contribution is 5.94. The van der Waals surface area contributed by atoms with E-state index in [1.54, 1.807) is 0 Å². The molecule has 2 aromatic carbocycles. The minimum absolute atomic E-state index is 0.139. The lowest BCUT2D eigenvalue weighted by atomic mass is 9.61. The number of nitrogens with one attached hydrogen (secondary N) is 1. The van der Waals surface area contributed by atoms with Crippen LogP contribution in [0.4, 0.5) is 5.69 Å². The maximum absolute atomic E-state index is 13.0. The van der Waals surface area contributed by atoms with Gasteiger partial charge in [-0.15, -0.1) is 0 Å². The second-order valence-corrected chi connectivity index (χ2v) is 8.89. The van der Waals surface area contributed by atoms with E-state index in [2.05, 4.69) is 71.7 Å². The molecule has 2 aromatic rings.